The van der Waals surface area contributed by atoms with E-state index in [4.69, 9.17) is 0 Å². The molecule has 2 aromatic heterocycles. The first kappa shape index (κ1) is 12.9. The molecule has 2 atom stereocenters. The van der Waals surface area contributed by atoms with Gasteiger partial charge in [0.25, 0.3) is 5.91 Å². The quantitative estimate of drug-likeness (QED) is 0.862. The Kier molecular flexibility index (Phi) is 3.20. The van der Waals surface area contributed by atoms with Crippen LogP contribution in [0.1, 0.15) is 16.1 Å². The fourth-order valence-corrected chi connectivity index (χ4v) is 3.83. The van der Waals surface area contributed by atoms with E-state index < -0.39 is 0 Å². The Bertz CT molecular complexity index is 630. The molecule has 21 heavy (non-hydrogen) atoms. The van der Waals surface area contributed by atoms with Crippen molar-refractivity contribution in [2.45, 2.75) is 12.6 Å². The minimum Gasteiger partial charge on any atom is -0.335 e. The van der Waals surface area contributed by atoms with Gasteiger partial charge in [-0.2, -0.15) is 0 Å². The second-order valence-corrected chi connectivity index (χ2v) is 6.42. The number of rotatable bonds is 3. The van der Waals surface area contributed by atoms with Gasteiger partial charge in [-0.05, 0) is 11.6 Å². The zero-order valence-corrected chi connectivity index (χ0v) is 12.4. The number of hydrogen-bond donors (Lipinski definition) is 0. The van der Waals surface area contributed by atoms with Crippen molar-refractivity contribution >= 4 is 17.2 Å². The van der Waals surface area contributed by atoms with E-state index in [0.29, 0.717) is 17.7 Å². The van der Waals surface area contributed by atoms with Gasteiger partial charge in [-0.15, -0.1) is 11.3 Å². The summed E-state index contributed by atoms with van der Waals surface area (Å²) in [6.07, 6.45) is 3.71. The van der Waals surface area contributed by atoms with E-state index >= 15 is 0 Å². The molecule has 1 amide bonds. The molecule has 0 radical (unpaired) electrons. The highest BCUT2D eigenvalue weighted by Crippen LogP contribution is 2.34. The highest BCUT2D eigenvalue weighted by molar-refractivity contribution is 7.07. The molecule has 6 heteroatoms. The zero-order valence-electron chi connectivity index (χ0n) is 11.6. The first-order valence-corrected chi connectivity index (χ1v) is 8.06. The van der Waals surface area contributed by atoms with Gasteiger partial charge in [0.15, 0.2) is 0 Å². The molecule has 108 valence electrons. The van der Waals surface area contributed by atoms with Crippen LogP contribution < -0.4 is 0 Å². The van der Waals surface area contributed by atoms with Crippen molar-refractivity contribution in [3.8, 4) is 0 Å². The molecule has 0 spiro atoms. The molecule has 4 rings (SSSR count). The smallest absolute Gasteiger partial charge is 0.273 e. The molecule has 0 aliphatic carbocycles. The second kappa shape index (κ2) is 5.20. The Morgan fingerprint density at radius 1 is 1.38 bits per heavy atom. The maximum atomic E-state index is 12.3. The van der Waals surface area contributed by atoms with Crippen LogP contribution in [0.15, 0.2) is 35.4 Å². The Balaban J connectivity index is 1.40. The molecule has 0 bridgehead atoms. The molecule has 0 aromatic carbocycles. The molecule has 2 saturated heterocycles. The predicted molar refractivity (Wildman–Crippen MR) is 79.9 cm³/mol. The Labute approximate surface area is 127 Å². The number of nitrogens with zero attached hydrogens (tertiary/aromatic N) is 4. The summed E-state index contributed by atoms with van der Waals surface area (Å²) in [7, 11) is 0. The molecule has 4 heterocycles. The topological polar surface area (TPSA) is 49.3 Å². The monoisotopic (exact) mass is 300 g/mol. The van der Waals surface area contributed by atoms with Crippen molar-refractivity contribution in [3.63, 3.8) is 0 Å². The number of likely N-dealkylation sites (tertiary alicyclic amines) is 2. The van der Waals surface area contributed by atoms with Gasteiger partial charge in [0.2, 0.25) is 0 Å². The number of aromatic nitrogens is 2. The van der Waals surface area contributed by atoms with E-state index in [1.165, 1.54) is 16.9 Å². The number of hydrogen-bond acceptors (Lipinski definition) is 5. The Morgan fingerprint density at radius 3 is 3.10 bits per heavy atom. The molecule has 2 aromatic rings. The van der Waals surface area contributed by atoms with E-state index in [1.54, 1.807) is 11.7 Å². The van der Waals surface area contributed by atoms with Crippen molar-refractivity contribution < 1.29 is 4.79 Å². The normalized spacial score (nSPS) is 24.7. The van der Waals surface area contributed by atoms with Crippen molar-refractivity contribution in [2.24, 2.45) is 5.92 Å². The molecule has 2 aliphatic rings. The van der Waals surface area contributed by atoms with Crippen LogP contribution in [0.25, 0.3) is 0 Å². The standard InChI is InChI=1S/C15H16N4OS/c20-15(13-9-21-10-17-13)19-7-12-6-18(14(12)8-19)5-11-2-1-3-16-4-11/h1-4,9-10,12,14H,5-8H2/t12-,14-/m1/s1. The zero-order chi connectivity index (χ0) is 14.2. The van der Waals surface area contributed by atoms with Crippen LogP contribution in [0.3, 0.4) is 0 Å². The summed E-state index contributed by atoms with van der Waals surface area (Å²) >= 11 is 1.47. The van der Waals surface area contributed by atoms with Crippen LogP contribution >= 0.6 is 11.3 Å². The summed E-state index contributed by atoms with van der Waals surface area (Å²) in [5.41, 5.74) is 3.53. The summed E-state index contributed by atoms with van der Waals surface area (Å²) < 4.78 is 0. The number of thiazole rings is 1. The molecule has 0 saturated carbocycles. The van der Waals surface area contributed by atoms with E-state index in [-0.39, 0.29) is 5.91 Å². The van der Waals surface area contributed by atoms with Gasteiger partial charge in [-0.3, -0.25) is 14.7 Å². The molecule has 0 unspecified atom stereocenters. The second-order valence-electron chi connectivity index (χ2n) is 5.70. The van der Waals surface area contributed by atoms with E-state index in [1.807, 2.05) is 22.5 Å². The van der Waals surface area contributed by atoms with Crippen LogP contribution in [0.5, 0.6) is 0 Å². The highest BCUT2D eigenvalue weighted by Gasteiger charge is 2.46. The van der Waals surface area contributed by atoms with Crippen LogP contribution in [-0.4, -0.2) is 51.4 Å². The fourth-order valence-electron chi connectivity index (χ4n) is 3.30. The van der Waals surface area contributed by atoms with Gasteiger partial charge in [-0.1, -0.05) is 6.07 Å². The predicted octanol–water partition coefficient (Wildman–Crippen LogP) is 1.49. The molecule has 2 aliphatic heterocycles. The molecule has 0 N–H and O–H groups in total. The Morgan fingerprint density at radius 2 is 2.33 bits per heavy atom. The summed E-state index contributed by atoms with van der Waals surface area (Å²) in [6.45, 7) is 3.68. The van der Waals surface area contributed by atoms with Gasteiger partial charge in [0.05, 0.1) is 5.51 Å². The van der Waals surface area contributed by atoms with Crippen molar-refractivity contribution in [1.82, 2.24) is 19.8 Å². The third-order valence-corrected chi connectivity index (χ3v) is 4.98. The average Bonchev–Trinajstić information content (AvgIpc) is 3.13. The van der Waals surface area contributed by atoms with E-state index in [0.717, 1.165) is 26.2 Å². The first-order chi connectivity index (χ1) is 10.3. The third kappa shape index (κ3) is 2.34. The summed E-state index contributed by atoms with van der Waals surface area (Å²) in [5, 5.41) is 1.83. The number of carbonyl (C=O) groups is 1. The lowest BCUT2D eigenvalue weighted by Gasteiger charge is -2.43. The number of fused-ring (bicyclic) bond motifs is 1. The SMILES string of the molecule is O=C(c1cscn1)N1C[C@H]2CN(Cc3cccnc3)[C@@H]2C1. The molecular weight excluding hydrogens is 284 g/mol. The minimum absolute atomic E-state index is 0.0759. The lowest BCUT2D eigenvalue weighted by atomic mass is 9.91. The summed E-state index contributed by atoms with van der Waals surface area (Å²) in [6, 6.07) is 4.57. The highest BCUT2D eigenvalue weighted by atomic mass is 32.1. The van der Waals surface area contributed by atoms with Gasteiger partial charge in [0, 0.05) is 55.9 Å². The lowest BCUT2D eigenvalue weighted by molar-refractivity contribution is 0.0432. The fraction of sp³-hybridized carbons (Fsp3) is 0.400. The first-order valence-electron chi connectivity index (χ1n) is 7.11. The maximum Gasteiger partial charge on any atom is 0.273 e. The molecular formula is C15H16N4OS. The summed E-state index contributed by atoms with van der Waals surface area (Å²) in [5.74, 6) is 0.691. The average molecular weight is 300 g/mol. The van der Waals surface area contributed by atoms with E-state index in [9.17, 15) is 4.79 Å². The number of amides is 1. The van der Waals surface area contributed by atoms with Crippen molar-refractivity contribution in [3.05, 3.63) is 46.7 Å². The maximum absolute atomic E-state index is 12.3. The third-order valence-electron chi connectivity index (χ3n) is 4.39. The van der Waals surface area contributed by atoms with Crippen LogP contribution in [0.4, 0.5) is 0 Å². The van der Waals surface area contributed by atoms with Crippen LogP contribution in [0.2, 0.25) is 0 Å². The molecule has 2 fully saturated rings. The van der Waals surface area contributed by atoms with Crippen LogP contribution in [-0.2, 0) is 6.54 Å². The lowest BCUT2D eigenvalue weighted by Crippen LogP contribution is -2.54. The number of pyridine rings is 1. The van der Waals surface area contributed by atoms with Gasteiger partial charge in [-0.25, -0.2) is 4.98 Å². The van der Waals surface area contributed by atoms with Gasteiger partial charge in [0.1, 0.15) is 5.69 Å². The van der Waals surface area contributed by atoms with Crippen molar-refractivity contribution in [1.29, 1.82) is 0 Å². The largest absolute Gasteiger partial charge is 0.335 e. The minimum atomic E-state index is 0.0759. The molecule has 5 nitrogen and oxygen atoms in total. The summed E-state index contributed by atoms with van der Waals surface area (Å²) in [4.78, 5) is 25.0. The van der Waals surface area contributed by atoms with Gasteiger partial charge >= 0.3 is 0 Å². The Hall–Kier alpha value is -1.79. The van der Waals surface area contributed by atoms with Gasteiger partial charge < -0.3 is 4.90 Å². The van der Waals surface area contributed by atoms with E-state index in [2.05, 4.69) is 20.9 Å². The van der Waals surface area contributed by atoms with Crippen molar-refractivity contribution in [2.75, 3.05) is 19.6 Å². The van der Waals surface area contributed by atoms with Crippen LogP contribution in [0, 0.1) is 5.92 Å². The number of carbonyl (C=O) groups excluding carboxylic acids is 1.